The molecule has 0 aliphatic heterocycles. The number of aryl methyl sites for hydroxylation is 1. The molecular formula is C17H13FN4. The second-order valence-corrected chi connectivity index (χ2v) is 4.95. The standard InChI is InChI=1S/C17H13FN4/c1-11-6-8-12(9-7-11)22-17(20)14(10-19)16(21-22)13-4-2-3-5-15(13)18/h2-9H,20H2,1H3. The van der Waals surface area contributed by atoms with Crippen molar-refractivity contribution in [3.05, 3.63) is 65.5 Å². The van der Waals surface area contributed by atoms with Crippen LogP contribution in [0.4, 0.5) is 10.2 Å². The van der Waals surface area contributed by atoms with Crippen LogP contribution in [-0.2, 0) is 0 Å². The first kappa shape index (κ1) is 13.8. The van der Waals surface area contributed by atoms with Crippen molar-refractivity contribution in [2.75, 3.05) is 5.73 Å². The SMILES string of the molecule is Cc1ccc(-n2nc(-c3ccccc3F)c(C#N)c2N)cc1. The van der Waals surface area contributed by atoms with Crippen molar-refractivity contribution in [3.63, 3.8) is 0 Å². The van der Waals surface area contributed by atoms with E-state index in [-0.39, 0.29) is 22.6 Å². The summed E-state index contributed by atoms with van der Waals surface area (Å²) < 4.78 is 15.4. The van der Waals surface area contributed by atoms with E-state index < -0.39 is 5.82 Å². The first-order chi connectivity index (χ1) is 10.6. The van der Waals surface area contributed by atoms with Crippen molar-refractivity contribution in [2.45, 2.75) is 6.92 Å². The molecule has 0 fully saturated rings. The lowest BCUT2D eigenvalue weighted by molar-refractivity contribution is 0.630. The van der Waals surface area contributed by atoms with Crippen molar-refractivity contribution < 1.29 is 4.39 Å². The van der Waals surface area contributed by atoms with Crippen LogP contribution in [0.2, 0.25) is 0 Å². The Balaban J connectivity index is 2.22. The van der Waals surface area contributed by atoms with Crippen LogP contribution in [0.15, 0.2) is 48.5 Å². The highest BCUT2D eigenvalue weighted by Crippen LogP contribution is 2.30. The van der Waals surface area contributed by atoms with Gasteiger partial charge in [-0.3, -0.25) is 0 Å². The molecular weight excluding hydrogens is 279 g/mol. The van der Waals surface area contributed by atoms with Crippen LogP contribution in [0.3, 0.4) is 0 Å². The molecule has 0 amide bonds. The normalized spacial score (nSPS) is 10.4. The van der Waals surface area contributed by atoms with Crippen LogP contribution >= 0.6 is 0 Å². The average Bonchev–Trinajstić information content (AvgIpc) is 2.85. The monoisotopic (exact) mass is 292 g/mol. The lowest BCUT2D eigenvalue weighted by Crippen LogP contribution is -2.02. The molecule has 0 aliphatic rings. The molecule has 0 saturated heterocycles. The number of nitrogen functional groups attached to an aromatic ring is 1. The van der Waals surface area contributed by atoms with E-state index in [1.165, 1.54) is 10.7 Å². The van der Waals surface area contributed by atoms with Crippen molar-refractivity contribution >= 4 is 5.82 Å². The smallest absolute Gasteiger partial charge is 0.145 e. The van der Waals surface area contributed by atoms with Gasteiger partial charge in [-0.2, -0.15) is 10.4 Å². The van der Waals surface area contributed by atoms with Crippen LogP contribution in [0.5, 0.6) is 0 Å². The highest BCUT2D eigenvalue weighted by Gasteiger charge is 2.20. The predicted molar refractivity (Wildman–Crippen MR) is 82.8 cm³/mol. The number of rotatable bonds is 2. The summed E-state index contributed by atoms with van der Waals surface area (Å²) in [6.07, 6.45) is 0. The summed E-state index contributed by atoms with van der Waals surface area (Å²) in [5, 5.41) is 13.7. The van der Waals surface area contributed by atoms with Crippen LogP contribution in [0.1, 0.15) is 11.1 Å². The number of benzene rings is 2. The molecule has 3 rings (SSSR count). The molecule has 0 aliphatic carbocycles. The van der Waals surface area contributed by atoms with Gasteiger partial charge in [-0.15, -0.1) is 0 Å². The van der Waals surface area contributed by atoms with E-state index in [4.69, 9.17) is 5.73 Å². The number of halogens is 1. The molecule has 2 aromatic carbocycles. The van der Waals surface area contributed by atoms with E-state index in [0.717, 1.165) is 11.3 Å². The second kappa shape index (κ2) is 5.34. The third-order valence-electron chi connectivity index (χ3n) is 3.44. The minimum atomic E-state index is -0.437. The van der Waals surface area contributed by atoms with Gasteiger partial charge in [0, 0.05) is 5.56 Å². The Labute approximate surface area is 127 Å². The molecule has 0 radical (unpaired) electrons. The summed E-state index contributed by atoms with van der Waals surface area (Å²) in [6.45, 7) is 1.97. The highest BCUT2D eigenvalue weighted by molar-refractivity contribution is 5.74. The Morgan fingerprint density at radius 1 is 1.14 bits per heavy atom. The summed E-state index contributed by atoms with van der Waals surface area (Å²) in [4.78, 5) is 0. The summed E-state index contributed by atoms with van der Waals surface area (Å²) in [5.74, 6) is -0.239. The van der Waals surface area contributed by atoms with Crippen molar-refractivity contribution in [2.24, 2.45) is 0 Å². The zero-order chi connectivity index (χ0) is 15.7. The van der Waals surface area contributed by atoms with Gasteiger partial charge >= 0.3 is 0 Å². The number of anilines is 1. The van der Waals surface area contributed by atoms with E-state index in [9.17, 15) is 9.65 Å². The van der Waals surface area contributed by atoms with Gasteiger partial charge in [-0.25, -0.2) is 9.07 Å². The fourth-order valence-electron chi connectivity index (χ4n) is 2.27. The van der Waals surface area contributed by atoms with E-state index in [1.807, 2.05) is 37.3 Å². The van der Waals surface area contributed by atoms with Crippen molar-refractivity contribution in [1.29, 1.82) is 5.26 Å². The van der Waals surface area contributed by atoms with Gasteiger partial charge in [0.2, 0.25) is 0 Å². The molecule has 0 atom stereocenters. The molecule has 0 saturated carbocycles. The van der Waals surface area contributed by atoms with E-state index >= 15 is 0 Å². The molecule has 0 bridgehead atoms. The van der Waals surface area contributed by atoms with Crippen LogP contribution in [0.25, 0.3) is 16.9 Å². The molecule has 3 aromatic rings. The largest absolute Gasteiger partial charge is 0.382 e. The minimum absolute atomic E-state index is 0.172. The molecule has 2 N–H and O–H groups in total. The number of hydrogen-bond acceptors (Lipinski definition) is 3. The quantitative estimate of drug-likeness (QED) is 0.786. The van der Waals surface area contributed by atoms with E-state index in [2.05, 4.69) is 5.10 Å². The predicted octanol–water partition coefficient (Wildman–Crippen LogP) is 3.44. The van der Waals surface area contributed by atoms with Gasteiger partial charge in [0.1, 0.15) is 29.0 Å². The molecule has 1 aromatic heterocycles. The second-order valence-electron chi connectivity index (χ2n) is 4.95. The molecule has 22 heavy (non-hydrogen) atoms. The number of nitriles is 1. The first-order valence-electron chi connectivity index (χ1n) is 6.72. The van der Waals surface area contributed by atoms with Gasteiger partial charge in [0.25, 0.3) is 0 Å². The molecule has 5 heteroatoms. The highest BCUT2D eigenvalue weighted by atomic mass is 19.1. The molecule has 0 spiro atoms. The average molecular weight is 292 g/mol. The molecule has 4 nitrogen and oxygen atoms in total. The van der Waals surface area contributed by atoms with Gasteiger partial charge in [0.05, 0.1) is 5.69 Å². The topological polar surface area (TPSA) is 67.6 Å². The zero-order valence-electron chi connectivity index (χ0n) is 11.9. The van der Waals surface area contributed by atoms with Gasteiger partial charge in [-0.1, -0.05) is 29.8 Å². The Morgan fingerprint density at radius 2 is 1.82 bits per heavy atom. The Hall–Kier alpha value is -3.13. The summed E-state index contributed by atoms with van der Waals surface area (Å²) in [6, 6.07) is 15.8. The Morgan fingerprint density at radius 3 is 2.45 bits per heavy atom. The fraction of sp³-hybridized carbons (Fsp3) is 0.0588. The molecule has 0 unspecified atom stereocenters. The maximum atomic E-state index is 14.0. The summed E-state index contributed by atoms with van der Waals surface area (Å²) in [7, 11) is 0. The zero-order valence-corrected chi connectivity index (χ0v) is 11.9. The van der Waals surface area contributed by atoms with Crippen LogP contribution in [0, 0.1) is 24.1 Å². The fourth-order valence-corrected chi connectivity index (χ4v) is 2.27. The third kappa shape index (κ3) is 2.21. The van der Waals surface area contributed by atoms with Crippen molar-refractivity contribution in [3.8, 4) is 23.0 Å². The summed E-state index contributed by atoms with van der Waals surface area (Å²) >= 11 is 0. The Kier molecular flexibility index (Phi) is 3.36. The van der Waals surface area contributed by atoms with Gasteiger partial charge in [-0.05, 0) is 31.2 Å². The number of nitrogens with two attached hydrogens (primary N) is 1. The molecule has 1 heterocycles. The van der Waals surface area contributed by atoms with E-state index in [1.54, 1.807) is 18.2 Å². The maximum absolute atomic E-state index is 14.0. The number of aromatic nitrogens is 2. The van der Waals surface area contributed by atoms with Crippen LogP contribution < -0.4 is 5.73 Å². The lowest BCUT2D eigenvalue weighted by atomic mass is 10.1. The number of hydrogen-bond donors (Lipinski definition) is 1. The minimum Gasteiger partial charge on any atom is -0.382 e. The van der Waals surface area contributed by atoms with Crippen LogP contribution in [-0.4, -0.2) is 9.78 Å². The lowest BCUT2D eigenvalue weighted by Gasteiger charge is -2.04. The maximum Gasteiger partial charge on any atom is 0.145 e. The summed E-state index contributed by atoms with van der Waals surface area (Å²) in [5.41, 5.74) is 8.53. The van der Waals surface area contributed by atoms with Crippen molar-refractivity contribution in [1.82, 2.24) is 9.78 Å². The van der Waals surface area contributed by atoms with E-state index in [0.29, 0.717) is 0 Å². The Bertz CT molecular complexity index is 873. The van der Waals surface area contributed by atoms with Gasteiger partial charge < -0.3 is 5.73 Å². The molecule has 108 valence electrons. The number of nitrogens with zero attached hydrogens (tertiary/aromatic N) is 3. The third-order valence-corrected chi connectivity index (χ3v) is 3.44. The van der Waals surface area contributed by atoms with Gasteiger partial charge in [0.15, 0.2) is 0 Å². The first-order valence-corrected chi connectivity index (χ1v) is 6.72.